The molecule has 1 fully saturated rings. The summed E-state index contributed by atoms with van der Waals surface area (Å²) >= 11 is 0. The Morgan fingerprint density at radius 2 is 2.15 bits per heavy atom. The van der Waals surface area contributed by atoms with Crippen LogP contribution in [-0.4, -0.2) is 24.9 Å². The number of nitrogens with one attached hydrogen (secondary N) is 1. The van der Waals surface area contributed by atoms with E-state index in [-0.39, 0.29) is 6.10 Å². The van der Waals surface area contributed by atoms with Crippen LogP contribution in [0.1, 0.15) is 49.3 Å². The Hall–Kier alpha value is -1.06. The van der Waals surface area contributed by atoms with Crippen LogP contribution in [0.5, 0.6) is 5.75 Å². The van der Waals surface area contributed by atoms with E-state index in [1.807, 2.05) is 0 Å². The number of ether oxygens (including phenoxy) is 1. The van der Waals surface area contributed by atoms with Gasteiger partial charge in [-0.05, 0) is 61.3 Å². The molecule has 1 aromatic rings. The summed E-state index contributed by atoms with van der Waals surface area (Å²) < 4.78 is 5.32. The molecule has 1 aromatic carbocycles. The lowest BCUT2D eigenvalue weighted by molar-refractivity contribution is 0.129. The van der Waals surface area contributed by atoms with Crippen molar-refractivity contribution in [2.45, 2.75) is 50.7 Å². The lowest BCUT2D eigenvalue weighted by atomic mass is 9.87. The highest BCUT2D eigenvalue weighted by molar-refractivity contribution is 5.39. The maximum atomic E-state index is 9.93. The predicted molar refractivity (Wildman–Crippen MR) is 80.0 cm³/mol. The summed E-state index contributed by atoms with van der Waals surface area (Å²) in [5.74, 6) is 1.40. The first-order chi connectivity index (χ1) is 9.78. The zero-order chi connectivity index (χ0) is 13.9. The molecule has 3 atom stereocenters. The van der Waals surface area contributed by atoms with Crippen molar-refractivity contribution in [3.05, 3.63) is 29.3 Å². The fraction of sp³-hybridized carbons (Fsp3) is 0.647. The summed E-state index contributed by atoms with van der Waals surface area (Å²) in [6.07, 6.45) is 6.79. The molecule has 0 aliphatic heterocycles. The van der Waals surface area contributed by atoms with Crippen LogP contribution in [0.15, 0.2) is 18.2 Å². The van der Waals surface area contributed by atoms with Crippen LogP contribution in [0.3, 0.4) is 0 Å². The van der Waals surface area contributed by atoms with E-state index in [1.54, 1.807) is 7.11 Å². The molecule has 1 saturated carbocycles. The van der Waals surface area contributed by atoms with E-state index >= 15 is 0 Å². The molecule has 2 aliphatic rings. The second-order valence-corrected chi connectivity index (χ2v) is 6.18. The molecule has 0 radical (unpaired) electrons. The third-order valence-corrected chi connectivity index (χ3v) is 4.91. The highest BCUT2D eigenvalue weighted by Crippen LogP contribution is 2.33. The number of rotatable bonds is 4. The first-order valence-electron chi connectivity index (χ1n) is 7.86. The Labute approximate surface area is 121 Å². The average Bonchev–Trinajstić information content (AvgIpc) is 2.89. The molecule has 0 bridgehead atoms. The largest absolute Gasteiger partial charge is 0.497 e. The van der Waals surface area contributed by atoms with E-state index in [4.69, 9.17) is 4.74 Å². The average molecular weight is 275 g/mol. The van der Waals surface area contributed by atoms with Crippen molar-refractivity contribution in [1.29, 1.82) is 0 Å². The van der Waals surface area contributed by atoms with E-state index in [1.165, 1.54) is 30.4 Å². The molecular weight excluding hydrogens is 250 g/mol. The van der Waals surface area contributed by atoms with Gasteiger partial charge in [0, 0.05) is 12.6 Å². The van der Waals surface area contributed by atoms with Crippen LogP contribution < -0.4 is 10.1 Å². The number of aliphatic hydroxyl groups excluding tert-OH is 1. The number of hydrogen-bond donors (Lipinski definition) is 2. The fourth-order valence-corrected chi connectivity index (χ4v) is 3.68. The second-order valence-electron chi connectivity index (χ2n) is 6.18. The molecule has 110 valence electrons. The number of aryl methyl sites for hydroxylation is 1. The van der Waals surface area contributed by atoms with Crippen LogP contribution in [0.2, 0.25) is 0 Å². The molecule has 3 unspecified atom stereocenters. The Morgan fingerprint density at radius 1 is 1.25 bits per heavy atom. The van der Waals surface area contributed by atoms with E-state index in [0.717, 1.165) is 31.6 Å². The summed E-state index contributed by atoms with van der Waals surface area (Å²) in [5.41, 5.74) is 2.84. The first kappa shape index (κ1) is 13.9. The molecule has 0 heterocycles. The zero-order valence-corrected chi connectivity index (χ0v) is 12.3. The van der Waals surface area contributed by atoms with Crippen molar-refractivity contribution < 1.29 is 9.84 Å². The van der Waals surface area contributed by atoms with Crippen LogP contribution in [0, 0.1) is 5.92 Å². The lowest BCUT2D eigenvalue weighted by Crippen LogP contribution is -2.32. The summed E-state index contributed by atoms with van der Waals surface area (Å²) in [6, 6.07) is 6.88. The zero-order valence-electron chi connectivity index (χ0n) is 12.3. The van der Waals surface area contributed by atoms with Crippen LogP contribution >= 0.6 is 0 Å². The highest BCUT2D eigenvalue weighted by atomic mass is 16.5. The summed E-state index contributed by atoms with van der Waals surface area (Å²) in [7, 11) is 1.72. The van der Waals surface area contributed by atoms with Gasteiger partial charge in [-0.25, -0.2) is 0 Å². The van der Waals surface area contributed by atoms with Crippen molar-refractivity contribution >= 4 is 0 Å². The van der Waals surface area contributed by atoms with Gasteiger partial charge in [0.15, 0.2) is 0 Å². The van der Waals surface area contributed by atoms with E-state index in [9.17, 15) is 5.11 Å². The number of aliphatic hydroxyl groups is 1. The minimum atomic E-state index is -0.0959. The van der Waals surface area contributed by atoms with Gasteiger partial charge in [-0.3, -0.25) is 0 Å². The molecular formula is C17H25NO2. The first-order valence-corrected chi connectivity index (χ1v) is 7.86. The van der Waals surface area contributed by atoms with Gasteiger partial charge < -0.3 is 15.2 Å². The van der Waals surface area contributed by atoms with Crippen LogP contribution in [0.4, 0.5) is 0 Å². The molecule has 2 N–H and O–H groups in total. The predicted octanol–water partition coefficient (Wildman–Crippen LogP) is 2.82. The van der Waals surface area contributed by atoms with Gasteiger partial charge in [-0.15, -0.1) is 0 Å². The minimum Gasteiger partial charge on any atom is -0.497 e. The van der Waals surface area contributed by atoms with Crippen LogP contribution in [0.25, 0.3) is 0 Å². The molecule has 0 spiro atoms. The van der Waals surface area contributed by atoms with Crippen molar-refractivity contribution in [1.82, 2.24) is 5.32 Å². The van der Waals surface area contributed by atoms with E-state index < -0.39 is 0 Å². The molecule has 20 heavy (non-hydrogen) atoms. The monoisotopic (exact) mass is 275 g/mol. The molecule has 3 heteroatoms. The standard InChI is InChI=1S/C17H25NO2/c1-20-14-8-9-15-12(10-14)4-2-6-16(15)18-11-13-5-3-7-17(13)19/h8-10,13,16-19H,2-7,11H2,1H3. The van der Waals surface area contributed by atoms with Gasteiger partial charge in [0.1, 0.15) is 5.75 Å². The van der Waals surface area contributed by atoms with Crippen molar-refractivity contribution in [2.75, 3.05) is 13.7 Å². The van der Waals surface area contributed by atoms with Gasteiger partial charge in [0.05, 0.1) is 13.2 Å². The second kappa shape index (κ2) is 6.15. The number of benzene rings is 1. The molecule has 3 rings (SSSR count). The van der Waals surface area contributed by atoms with Gasteiger partial charge in [-0.2, -0.15) is 0 Å². The molecule has 0 amide bonds. The Kier molecular flexibility index (Phi) is 4.27. The molecule has 2 aliphatic carbocycles. The summed E-state index contributed by atoms with van der Waals surface area (Å²) in [5, 5.41) is 13.6. The number of methoxy groups -OCH3 is 1. The normalized spacial score (nSPS) is 29.2. The maximum absolute atomic E-state index is 9.93. The van der Waals surface area contributed by atoms with Crippen molar-refractivity contribution in [2.24, 2.45) is 5.92 Å². The molecule has 3 nitrogen and oxygen atoms in total. The summed E-state index contributed by atoms with van der Waals surface area (Å²) in [4.78, 5) is 0. The minimum absolute atomic E-state index is 0.0959. The SMILES string of the molecule is COc1ccc2c(c1)CCCC2NCC1CCCC1O. The van der Waals surface area contributed by atoms with Gasteiger partial charge in [0.2, 0.25) is 0 Å². The van der Waals surface area contributed by atoms with Crippen molar-refractivity contribution in [3.63, 3.8) is 0 Å². The smallest absolute Gasteiger partial charge is 0.119 e. The Balaban J connectivity index is 1.67. The quantitative estimate of drug-likeness (QED) is 0.888. The Morgan fingerprint density at radius 3 is 2.90 bits per heavy atom. The van der Waals surface area contributed by atoms with Gasteiger partial charge in [-0.1, -0.05) is 12.5 Å². The Bertz CT molecular complexity index is 460. The van der Waals surface area contributed by atoms with Gasteiger partial charge >= 0.3 is 0 Å². The third kappa shape index (κ3) is 2.84. The van der Waals surface area contributed by atoms with E-state index in [2.05, 4.69) is 23.5 Å². The molecule has 0 aromatic heterocycles. The fourth-order valence-electron chi connectivity index (χ4n) is 3.68. The van der Waals surface area contributed by atoms with Crippen LogP contribution in [-0.2, 0) is 6.42 Å². The highest BCUT2D eigenvalue weighted by Gasteiger charge is 2.27. The summed E-state index contributed by atoms with van der Waals surface area (Å²) in [6.45, 7) is 0.942. The van der Waals surface area contributed by atoms with Gasteiger partial charge in [0.25, 0.3) is 0 Å². The van der Waals surface area contributed by atoms with E-state index in [0.29, 0.717) is 12.0 Å². The topological polar surface area (TPSA) is 41.5 Å². The molecule has 0 saturated heterocycles. The number of hydrogen-bond acceptors (Lipinski definition) is 3. The maximum Gasteiger partial charge on any atom is 0.119 e. The van der Waals surface area contributed by atoms with Crippen molar-refractivity contribution in [3.8, 4) is 5.75 Å². The lowest BCUT2D eigenvalue weighted by Gasteiger charge is -2.28. The third-order valence-electron chi connectivity index (χ3n) is 4.91. The number of fused-ring (bicyclic) bond motifs is 1.